The zero-order chi connectivity index (χ0) is 15.1. The Morgan fingerprint density at radius 2 is 1.55 bits per heavy atom. The molecule has 0 radical (unpaired) electrons. The summed E-state index contributed by atoms with van der Waals surface area (Å²) in [6.45, 7) is 1.50. The molecule has 1 N–H and O–H groups in total. The van der Waals surface area contributed by atoms with Crippen LogP contribution in [0.25, 0.3) is 0 Å². The van der Waals surface area contributed by atoms with Crippen LogP contribution in [0.1, 0.15) is 11.1 Å². The minimum atomic E-state index is 0. The highest BCUT2D eigenvalue weighted by atomic mass is 35.5. The minimum absolute atomic E-state index is 0. The lowest BCUT2D eigenvalue weighted by Crippen LogP contribution is -3.00. The first kappa shape index (κ1) is 18.1. The van der Waals surface area contributed by atoms with E-state index in [1.165, 1.54) is 5.56 Å². The van der Waals surface area contributed by atoms with Gasteiger partial charge < -0.3 is 31.9 Å². The van der Waals surface area contributed by atoms with E-state index in [-0.39, 0.29) is 12.4 Å². The van der Waals surface area contributed by atoms with E-state index in [4.69, 9.17) is 14.2 Å². The van der Waals surface area contributed by atoms with Crippen molar-refractivity contribution in [1.29, 1.82) is 0 Å². The van der Waals surface area contributed by atoms with Gasteiger partial charge in [0.15, 0.2) is 11.5 Å². The number of ether oxygens (including phenoxy) is 3. The van der Waals surface area contributed by atoms with Gasteiger partial charge >= 0.3 is 0 Å². The van der Waals surface area contributed by atoms with Crippen LogP contribution in [0.2, 0.25) is 0 Å². The largest absolute Gasteiger partial charge is 1.00 e. The highest BCUT2D eigenvalue weighted by molar-refractivity contribution is 5.46. The molecule has 22 heavy (non-hydrogen) atoms. The zero-order valence-corrected chi connectivity index (χ0v) is 13.8. The zero-order valence-electron chi connectivity index (χ0n) is 13.1. The fourth-order valence-electron chi connectivity index (χ4n) is 2.18. The molecule has 120 valence electrons. The van der Waals surface area contributed by atoms with E-state index in [0.717, 1.165) is 29.4 Å². The van der Waals surface area contributed by atoms with Gasteiger partial charge in [0.1, 0.15) is 5.75 Å². The Balaban J connectivity index is 0.00000242. The number of hydrogen-bond acceptors (Lipinski definition) is 4. The van der Waals surface area contributed by atoms with Crippen molar-refractivity contribution in [2.45, 2.75) is 13.1 Å². The molecule has 0 saturated heterocycles. The SMILES string of the molecule is COc1ccc(CNCc2cccc(OC)c2OC)cc1.[Cl-]. The van der Waals surface area contributed by atoms with E-state index in [9.17, 15) is 0 Å². The Morgan fingerprint density at radius 3 is 2.14 bits per heavy atom. The summed E-state index contributed by atoms with van der Waals surface area (Å²) in [5, 5.41) is 3.41. The molecule has 0 bridgehead atoms. The Labute approximate surface area is 137 Å². The maximum absolute atomic E-state index is 5.42. The van der Waals surface area contributed by atoms with E-state index >= 15 is 0 Å². The number of nitrogens with one attached hydrogen (secondary N) is 1. The monoisotopic (exact) mass is 322 g/mol. The van der Waals surface area contributed by atoms with Crippen molar-refractivity contribution >= 4 is 0 Å². The summed E-state index contributed by atoms with van der Waals surface area (Å²) in [5.41, 5.74) is 2.28. The second kappa shape index (κ2) is 9.18. The predicted octanol–water partition coefficient (Wildman–Crippen LogP) is 0.00620. The average Bonchev–Trinajstić information content (AvgIpc) is 2.55. The van der Waals surface area contributed by atoms with Crippen LogP contribution in [0.5, 0.6) is 17.2 Å². The van der Waals surface area contributed by atoms with Gasteiger partial charge in [-0.2, -0.15) is 0 Å². The van der Waals surface area contributed by atoms with Crippen LogP contribution in [0, 0.1) is 0 Å². The maximum atomic E-state index is 5.42. The molecule has 0 aliphatic heterocycles. The summed E-state index contributed by atoms with van der Waals surface area (Å²) in [4.78, 5) is 0. The number of hydrogen-bond donors (Lipinski definition) is 1. The van der Waals surface area contributed by atoms with Crippen LogP contribution in [0.3, 0.4) is 0 Å². The Hall–Kier alpha value is -1.91. The Bertz CT molecular complexity index is 573. The van der Waals surface area contributed by atoms with Gasteiger partial charge in [0, 0.05) is 18.7 Å². The first-order chi connectivity index (χ1) is 10.3. The summed E-state index contributed by atoms with van der Waals surface area (Å²) < 4.78 is 15.9. The molecule has 0 aliphatic rings. The molecule has 0 atom stereocenters. The van der Waals surface area contributed by atoms with Crippen LogP contribution in [-0.4, -0.2) is 21.3 Å². The maximum Gasteiger partial charge on any atom is 0.165 e. The van der Waals surface area contributed by atoms with Crippen LogP contribution >= 0.6 is 0 Å². The molecule has 2 aromatic carbocycles. The Morgan fingerprint density at radius 1 is 0.818 bits per heavy atom. The van der Waals surface area contributed by atoms with Crippen LogP contribution in [-0.2, 0) is 13.1 Å². The van der Waals surface area contributed by atoms with Crippen LogP contribution in [0.4, 0.5) is 0 Å². The van der Waals surface area contributed by atoms with Gasteiger partial charge in [0.2, 0.25) is 0 Å². The standard InChI is InChI=1S/C17H21NO3.ClH/c1-19-15-9-7-13(8-10-15)11-18-12-14-5-4-6-16(20-2)17(14)21-3;/h4-10,18H,11-12H2,1-3H3;1H/p-1. The molecule has 0 heterocycles. The molecule has 0 fully saturated rings. The topological polar surface area (TPSA) is 39.7 Å². The van der Waals surface area contributed by atoms with E-state index < -0.39 is 0 Å². The van der Waals surface area contributed by atoms with E-state index in [1.807, 2.05) is 30.3 Å². The Kier molecular flexibility index (Phi) is 7.57. The first-order valence-electron chi connectivity index (χ1n) is 6.82. The van der Waals surface area contributed by atoms with Crippen molar-refractivity contribution in [2.75, 3.05) is 21.3 Å². The fourth-order valence-corrected chi connectivity index (χ4v) is 2.18. The van der Waals surface area contributed by atoms with Crippen molar-refractivity contribution in [3.8, 4) is 17.2 Å². The van der Waals surface area contributed by atoms with Crippen molar-refractivity contribution in [3.05, 3.63) is 53.6 Å². The third kappa shape index (κ3) is 4.55. The molecule has 5 heteroatoms. The van der Waals surface area contributed by atoms with Crippen LogP contribution in [0.15, 0.2) is 42.5 Å². The number of para-hydroxylation sites is 1. The number of benzene rings is 2. The van der Waals surface area contributed by atoms with Gasteiger partial charge in [-0.3, -0.25) is 0 Å². The lowest BCUT2D eigenvalue weighted by atomic mass is 10.1. The second-order valence-electron chi connectivity index (χ2n) is 4.60. The van der Waals surface area contributed by atoms with Gasteiger partial charge in [0.05, 0.1) is 21.3 Å². The van der Waals surface area contributed by atoms with E-state index in [2.05, 4.69) is 17.4 Å². The lowest BCUT2D eigenvalue weighted by molar-refractivity contribution is -0.00000515. The molecular formula is C17H21ClNO3-. The van der Waals surface area contributed by atoms with Gasteiger partial charge in [-0.1, -0.05) is 24.3 Å². The molecule has 2 rings (SSSR count). The number of halogens is 1. The average molecular weight is 323 g/mol. The highest BCUT2D eigenvalue weighted by Crippen LogP contribution is 2.30. The smallest absolute Gasteiger partial charge is 0.165 e. The number of rotatable bonds is 7. The fraction of sp³-hybridized carbons (Fsp3) is 0.294. The highest BCUT2D eigenvalue weighted by Gasteiger charge is 2.08. The minimum Gasteiger partial charge on any atom is -1.00 e. The normalized spacial score (nSPS) is 9.77. The molecule has 0 aromatic heterocycles. The van der Waals surface area contributed by atoms with Crippen molar-refractivity contribution < 1.29 is 26.6 Å². The van der Waals surface area contributed by atoms with Gasteiger partial charge in [-0.15, -0.1) is 0 Å². The van der Waals surface area contributed by atoms with Gasteiger partial charge in [-0.05, 0) is 23.8 Å². The molecule has 0 aliphatic carbocycles. The summed E-state index contributed by atoms with van der Waals surface area (Å²) in [6.07, 6.45) is 0. The van der Waals surface area contributed by atoms with Crippen molar-refractivity contribution in [2.24, 2.45) is 0 Å². The molecule has 0 amide bonds. The van der Waals surface area contributed by atoms with Crippen molar-refractivity contribution in [3.63, 3.8) is 0 Å². The van der Waals surface area contributed by atoms with Gasteiger partial charge in [-0.25, -0.2) is 0 Å². The quantitative estimate of drug-likeness (QED) is 0.779. The van der Waals surface area contributed by atoms with Crippen molar-refractivity contribution in [1.82, 2.24) is 5.32 Å². The second-order valence-corrected chi connectivity index (χ2v) is 4.60. The molecular weight excluding hydrogens is 302 g/mol. The molecule has 0 saturated carbocycles. The number of methoxy groups -OCH3 is 3. The first-order valence-corrected chi connectivity index (χ1v) is 6.82. The third-order valence-electron chi connectivity index (χ3n) is 3.29. The summed E-state index contributed by atoms with van der Waals surface area (Å²) in [5.74, 6) is 2.40. The van der Waals surface area contributed by atoms with Gasteiger partial charge in [0.25, 0.3) is 0 Å². The summed E-state index contributed by atoms with van der Waals surface area (Å²) in [7, 11) is 4.97. The molecule has 4 nitrogen and oxygen atoms in total. The third-order valence-corrected chi connectivity index (χ3v) is 3.29. The van der Waals surface area contributed by atoms with E-state index in [1.54, 1.807) is 21.3 Å². The lowest BCUT2D eigenvalue weighted by Gasteiger charge is -2.13. The van der Waals surface area contributed by atoms with E-state index in [0.29, 0.717) is 6.54 Å². The summed E-state index contributed by atoms with van der Waals surface area (Å²) >= 11 is 0. The molecule has 0 unspecified atom stereocenters. The summed E-state index contributed by atoms with van der Waals surface area (Å²) in [6, 6.07) is 13.9. The van der Waals surface area contributed by atoms with Crippen LogP contribution < -0.4 is 31.9 Å². The molecule has 0 spiro atoms. The molecule has 2 aromatic rings. The predicted molar refractivity (Wildman–Crippen MR) is 83.1 cm³/mol.